The average Bonchev–Trinajstić information content (AvgIpc) is 2.85. The third-order valence-electron chi connectivity index (χ3n) is 5.36. The standard InChI is InChI=1S/C26H28O5S/c27-16-22-23(28)24(29-17-19-10-4-1-5-11-19)25(30-18-20-12-6-2-7-13-20)26(31-22)32-21-14-8-3-9-15-21/h1-15,22-28H,16-18H2/t22-,23-,24+,25+,26-/m1/s1. The van der Waals surface area contributed by atoms with E-state index in [1.807, 2.05) is 91.0 Å². The number of rotatable bonds is 9. The van der Waals surface area contributed by atoms with Gasteiger partial charge >= 0.3 is 0 Å². The highest BCUT2D eigenvalue weighted by Gasteiger charge is 2.47. The summed E-state index contributed by atoms with van der Waals surface area (Å²) in [4.78, 5) is 1.01. The molecule has 1 saturated heterocycles. The minimum atomic E-state index is -1.02. The molecule has 1 aliphatic heterocycles. The summed E-state index contributed by atoms with van der Waals surface area (Å²) >= 11 is 1.50. The highest BCUT2D eigenvalue weighted by molar-refractivity contribution is 7.99. The SMILES string of the molecule is OC[C@H]1O[C@H](Sc2ccccc2)[C@@H](OCc2ccccc2)[C@@H](OCc2ccccc2)[C@@H]1O. The fourth-order valence-electron chi connectivity index (χ4n) is 3.67. The van der Waals surface area contributed by atoms with Gasteiger partial charge in [-0.05, 0) is 23.3 Å². The maximum Gasteiger partial charge on any atom is 0.137 e. The first-order chi connectivity index (χ1) is 15.7. The predicted molar refractivity (Wildman–Crippen MR) is 124 cm³/mol. The van der Waals surface area contributed by atoms with Crippen LogP contribution in [-0.2, 0) is 27.4 Å². The third-order valence-corrected chi connectivity index (χ3v) is 6.52. The van der Waals surface area contributed by atoms with Crippen LogP contribution in [0.2, 0.25) is 0 Å². The zero-order valence-electron chi connectivity index (χ0n) is 17.7. The molecule has 0 saturated carbocycles. The molecule has 0 spiro atoms. The fourth-order valence-corrected chi connectivity index (χ4v) is 4.82. The smallest absolute Gasteiger partial charge is 0.137 e. The number of aliphatic hydroxyl groups is 2. The third kappa shape index (κ3) is 5.98. The Bertz CT molecular complexity index is 925. The lowest BCUT2D eigenvalue weighted by atomic mass is 9.99. The Morgan fingerprint density at radius 2 is 1.22 bits per heavy atom. The topological polar surface area (TPSA) is 68.2 Å². The molecule has 3 aromatic rings. The molecule has 0 unspecified atom stereocenters. The van der Waals surface area contributed by atoms with Gasteiger partial charge in [0, 0.05) is 4.90 Å². The van der Waals surface area contributed by atoms with E-state index >= 15 is 0 Å². The molecule has 6 heteroatoms. The predicted octanol–water partition coefficient (Wildman–Crippen LogP) is 4.03. The highest BCUT2D eigenvalue weighted by atomic mass is 32.2. The number of hydrogen-bond donors (Lipinski definition) is 2. The molecule has 5 nitrogen and oxygen atoms in total. The molecular weight excluding hydrogens is 424 g/mol. The zero-order valence-corrected chi connectivity index (χ0v) is 18.5. The van der Waals surface area contributed by atoms with Crippen molar-refractivity contribution in [3.8, 4) is 0 Å². The Balaban J connectivity index is 1.56. The van der Waals surface area contributed by atoms with Crippen molar-refractivity contribution in [3.63, 3.8) is 0 Å². The monoisotopic (exact) mass is 452 g/mol. The molecule has 0 radical (unpaired) electrons. The number of aliphatic hydroxyl groups excluding tert-OH is 2. The molecular formula is C26H28O5S. The molecule has 2 N–H and O–H groups in total. The number of benzene rings is 3. The molecule has 0 bridgehead atoms. The van der Waals surface area contributed by atoms with Crippen molar-refractivity contribution in [1.82, 2.24) is 0 Å². The lowest BCUT2D eigenvalue weighted by Gasteiger charge is -2.43. The number of thioether (sulfide) groups is 1. The van der Waals surface area contributed by atoms with Crippen LogP contribution >= 0.6 is 11.8 Å². The van der Waals surface area contributed by atoms with Crippen LogP contribution in [0.3, 0.4) is 0 Å². The van der Waals surface area contributed by atoms with Crippen LogP contribution in [-0.4, -0.2) is 46.7 Å². The second-order valence-corrected chi connectivity index (χ2v) is 8.84. The molecule has 3 aromatic carbocycles. The summed E-state index contributed by atoms with van der Waals surface area (Å²) < 4.78 is 18.6. The Labute approximate surface area is 193 Å². The first kappa shape index (κ1) is 23.0. The summed E-state index contributed by atoms with van der Waals surface area (Å²) in [7, 11) is 0. The molecule has 4 rings (SSSR count). The second kappa shape index (κ2) is 11.6. The van der Waals surface area contributed by atoms with Gasteiger partial charge in [0.15, 0.2) is 0 Å². The van der Waals surface area contributed by atoms with Gasteiger partial charge in [-0.1, -0.05) is 90.6 Å². The van der Waals surface area contributed by atoms with Crippen LogP contribution in [0.25, 0.3) is 0 Å². The van der Waals surface area contributed by atoms with Gasteiger partial charge in [-0.2, -0.15) is 0 Å². The molecule has 0 amide bonds. The van der Waals surface area contributed by atoms with Crippen molar-refractivity contribution in [2.24, 2.45) is 0 Å². The maximum absolute atomic E-state index is 11.0. The summed E-state index contributed by atoms with van der Waals surface area (Å²) in [5.74, 6) is 0. The number of hydrogen-bond acceptors (Lipinski definition) is 6. The van der Waals surface area contributed by atoms with Crippen LogP contribution in [0.1, 0.15) is 11.1 Å². The van der Waals surface area contributed by atoms with Crippen LogP contribution in [0.4, 0.5) is 0 Å². The van der Waals surface area contributed by atoms with E-state index in [2.05, 4.69) is 0 Å². The molecule has 32 heavy (non-hydrogen) atoms. The van der Waals surface area contributed by atoms with Crippen molar-refractivity contribution in [1.29, 1.82) is 0 Å². The van der Waals surface area contributed by atoms with Crippen LogP contribution in [0.15, 0.2) is 95.9 Å². The van der Waals surface area contributed by atoms with Gasteiger partial charge in [-0.3, -0.25) is 0 Å². The first-order valence-corrected chi connectivity index (χ1v) is 11.6. The van der Waals surface area contributed by atoms with Gasteiger partial charge < -0.3 is 24.4 Å². The van der Waals surface area contributed by atoms with Gasteiger partial charge in [0.05, 0.1) is 19.8 Å². The van der Waals surface area contributed by atoms with E-state index in [1.54, 1.807) is 0 Å². The maximum atomic E-state index is 11.0. The van der Waals surface area contributed by atoms with E-state index in [-0.39, 0.29) is 6.61 Å². The molecule has 0 aromatic heterocycles. The first-order valence-electron chi connectivity index (χ1n) is 10.7. The second-order valence-electron chi connectivity index (χ2n) is 7.67. The van der Waals surface area contributed by atoms with E-state index in [4.69, 9.17) is 14.2 Å². The van der Waals surface area contributed by atoms with Gasteiger partial charge in [0.2, 0.25) is 0 Å². The Morgan fingerprint density at radius 3 is 1.75 bits per heavy atom. The van der Waals surface area contributed by atoms with Crippen molar-refractivity contribution in [2.75, 3.05) is 6.61 Å². The summed E-state index contributed by atoms with van der Waals surface area (Å²) in [5.41, 5.74) is 1.57. The minimum Gasteiger partial charge on any atom is -0.394 e. The van der Waals surface area contributed by atoms with Crippen LogP contribution in [0.5, 0.6) is 0 Å². The van der Waals surface area contributed by atoms with E-state index in [1.165, 1.54) is 11.8 Å². The quantitative estimate of drug-likeness (QED) is 0.511. The van der Waals surface area contributed by atoms with Gasteiger partial charge in [-0.25, -0.2) is 0 Å². The van der Waals surface area contributed by atoms with E-state index < -0.39 is 29.9 Å². The van der Waals surface area contributed by atoms with Gasteiger partial charge in [0.25, 0.3) is 0 Å². The Hall–Kier alpha value is -2.19. The fraction of sp³-hybridized carbons (Fsp3) is 0.308. The molecule has 1 heterocycles. The van der Waals surface area contributed by atoms with Gasteiger partial charge in [0.1, 0.15) is 29.9 Å². The normalized spacial score (nSPS) is 25.5. The van der Waals surface area contributed by atoms with Crippen LogP contribution in [0, 0.1) is 0 Å². The highest BCUT2D eigenvalue weighted by Crippen LogP contribution is 2.36. The van der Waals surface area contributed by atoms with E-state index in [0.29, 0.717) is 13.2 Å². The summed E-state index contributed by atoms with van der Waals surface area (Å²) in [5, 5.41) is 20.8. The Morgan fingerprint density at radius 1 is 0.719 bits per heavy atom. The zero-order chi connectivity index (χ0) is 22.2. The van der Waals surface area contributed by atoms with Crippen LogP contribution < -0.4 is 0 Å². The van der Waals surface area contributed by atoms with Crippen molar-refractivity contribution in [3.05, 3.63) is 102 Å². The molecule has 1 fully saturated rings. The van der Waals surface area contributed by atoms with Crippen molar-refractivity contribution in [2.45, 2.75) is 48.0 Å². The average molecular weight is 453 g/mol. The summed E-state index contributed by atoms with van der Waals surface area (Å²) in [6, 6.07) is 29.6. The summed E-state index contributed by atoms with van der Waals surface area (Å²) in [6.45, 7) is 0.390. The number of ether oxygens (including phenoxy) is 3. The Kier molecular flexibility index (Phi) is 8.34. The van der Waals surface area contributed by atoms with E-state index in [9.17, 15) is 10.2 Å². The van der Waals surface area contributed by atoms with E-state index in [0.717, 1.165) is 16.0 Å². The summed E-state index contributed by atoms with van der Waals surface area (Å²) in [6.07, 6.45) is -2.97. The largest absolute Gasteiger partial charge is 0.394 e. The lowest BCUT2D eigenvalue weighted by molar-refractivity contribution is -0.237. The van der Waals surface area contributed by atoms with Gasteiger partial charge in [-0.15, -0.1) is 0 Å². The van der Waals surface area contributed by atoms with Crippen molar-refractivity contribution < 1.29 is 24.4 Å². The molecule has 168 valence electrons. The minimum absolute atomic E-state index is 0.302. The van der Waals surface area contributed by atoms with Crippen molar-refractivity contribution >= 4 is 11.8 Å². The lowest BCUT2D eigenvalue weighted by Crippen LogP contribution is -2.59. The molecule has 1 aliphatic rings. The molecule has 0 aliphatic carbocycles. The molecule has 5 atom stereocenters.